The standard InChI is InChI=1S/C20H12F5N3O3/c21-12-3-1-2-10(8-12)13-9-11(4-6-26-13)17-16(22)15-14(5-7-27-18(15)29)28(17)31-19(30)20(23,24)25/h1-4,6,8-9H,5,7H2,(H,27,29). The lowest BCUT2D eigenvalue weighted by Gasteiger charge is -2.17. The third-order valence-corrected chi connectivity index (χ3v) is 4.60. The number of hydrogen-bond acceptors (Lipinski definition) is 4. The highest BCUT2D eigenvalue weighted by atomic mass is 19.4. The molecular formula is C20H12F5N3O3. The topological polar surface area (TPSA) is 73.2 Å². The summed E-state index contributed by atoms with van der Waals surface area (Å²) in [4.78, 5) is 32.1. The molecule has 1 amide bonds. The zero-order valence-corrected chi connectivity index (χ0v) is 15.5. The van der Waals surface area contributed by atoms with E-state index in [0.717, 1.165) is 0 Å². The van der Waals surface area contributed by atoms with Gasteiger partial charge in [0, 0.05) is 30.3 Å². The van der Waals surface area contributed by atoms with Crippen molar-refractivity contribution < 1.29 is 36.4 Å². The van der Waals surface area contributed by atoms with Crippen molar-refractivity contribution >= 4 is 11.9 Å². The summed E-state index contributed by atoms with van der Waals surface area (Å²) in [5.74, 6) is -5.12. The Labute approximate surface area is 171 Å². The van der Waals surface area contributed by atoms with Gasteiger partial charge in [0.05, 0.1) is 11.4 Å². The van der Waals surface area contributed by atoms with E-state index in [0.29, 0.717) is 10.3 Å². The molecule has 0 radical (unpaired) electrons. The van der Waals surface area contributed by atoms with Crippen molar-refractivity contribution in [2.24, 2.45) is 0 Å². The Morgan fingerprint density at radius 2 is 1.90 bits per heavy atom. The SMILES string of the molecule is O=C1NCCc2c1c(F)c(-c1ccnc(-c3cccc(F)c3)c1)n2OC(=O)C(F)(F)F. The van der Waals surface area contributed by atoms with E-state index in [2.05, 4.69) is 15.1 Å². The van der Waals surface area contributed by atoms with Crippen LogP contribution < -0.4 is 10.2 Å². The number of pyridine rings is 1. The van der Waals surface area contributed by atoms with Crippen LogP contribution in [0.25, 0.3) is 22.5 Å². The van der Waals surface area contributed by atoms with Crippen molar-refractivity contribution in [3.63, 3.8) is 0 Å². The van der Waals surface area contributed by atoms with Crippen LogP contribution in [-0.4, -0.2) is 34.3 Å². The number of nitrogens with one attached hydrogen (secondary N) is 1. The summed E-state index contributed by atoms with van der Waals surface area (Å²) in [6, 6.07) is 7.89. The molecule has 3 heterocycles. The highest BCUT2D eigenvalue weighted by Gasteiger charge is 2.43. The van der Waals surface area contributed by atoms with Crippen LogP contribution >= 0.6 is 0 Å². The quantitative estimate of drug-likeness (QED) is 0.639. The molecular weight excluding hydrogens is 425 g/mol. The number of carbonyl (C=O) groups is 2. The predicted molar refractivity (Wildman–Crippen MR) is 96.7 cm³/mol. The molecule has 0 saturated heterocycles. The predicted octanol–water partition coefficient (Wildman–Crippen LogP) is 3.30. The summed E-state index contributed by atoms with van der Waals surface area (Å²) in [6.45, 7) is 0.0170. The van der Waals surface area contributed by atoms with Crippen LogP contribution in [0.3, 0.4) is 0 Å². The highest BCUT2D eigenvalue weighted by molar-refractivity contribution is 5.98. The third-order valence-electron chi connectivity index (χ3n) is 4.60. The van der Waals surface area contributed by atoms with Gasteiger partial charge in [-0.3, -0.25) is 9.78 Å². The van der Waals surface area contributed by atoms with Gasteiger partial charge in [0.25, 0.3) is 5.91 Å². The van der Waals surface area contributed by atoms with E-state index in [9.17, 15) is 27.2 Å². The maximum absolute atomic E-state index is 15.2. The number of halogens is 5. The average Bonchev–Trinajstić information content (AvgIpc) is 3.00. The largest absolute Gasteiger partial charge is 0.493 e. The minimum Gasteiger partial charge on any atom is -0.351 e. The first kappa shape index (κ1) is 20.5. The van der Waals surface area contributed by atoms with Gasteiger partial charge in [0.1, 0.15) is 17.1 Å². The van der Waals surface area contributed by atoms with E-state index >= 15 is 4.39 Å². The molecule has 0 aliphatic carbocycles. The fraction of sp³-hybridized carbons (Fsp3) is 0.150. The third kappa shape index (κ3) is 3.74. The van der Waals surface area contributed by atoms with Crippen LogP contribution in [0.1, 0.15) is 16.1 Å². The van der Waals surface area contributed by atoms with Gasteiger partial charge in [0.2, 0.25) is 0 Å². The Bertz CT molecular complexity index is 1200. The number of alkyl halides is 3. The van der Waals surface area contributed by atoms with Crippen LogP contribution in [0.4, 0.5) is 22.0 Å². The Morgan fingerprint density at radius 1 is 1.13 bits per heavy atom. The van der Waals surface area contributed by atoms with Crippen molar-refractivity contribution in [1.82, 2.24) is 15.0 Å². The highest BCUT2D eigenvalue weighted by Crippen LogP contribution is 2.33. The Hall–Kier alpha value is -3.76. The first-order valence-electron chi connectivity index (χ1n) is 8.90. The molecule has 0 fully saturated rings. The number of aromatic nitrogens is 2. The van der Waals surface area contributed by atoms with Gasteiger partial charge in [-0.2, -0.15) is 17.9 Å². The monoisotopic (exact) mass is 437 g/mol. The summed E-state index contributed by atoms with van der Waals surface area (Å²) in [5.41, 5.74) is -0.786. The van der Waals surface area contributed by atoms with Gasteiger partial charge in [-0.25, -0.2) is 13.6 Å². The van der Waals surface area contributed by atoms with Crippen LogP contribution in [0.5, 0.6) is 0 Å². The lowest BCUT2D eigenvalue weighted by atomic mass is 10.1. The molecule has 11 heteroatoms. The summed E-state index contributed by atoms with van der Waals surface area (Å²) in [5, 5.41) is 2.39. The maximum Gasteiger partial charge on any atom is 0.493 e. The molecule has 1 aliphatic heterocycles. The van der Waals surface area contributed by atoms with Gasteiger partial charge in [-0.05, 0) is 24.3 Å². The zero-order valence-electron chi connectivity index (χ0n) is 15.5. The van der Waals surface area contributed by atoms with Gasteiger partial charge >= 0.3 is 12.1 Å². The molecule has 0 spiro atoms. The number of fused-ring (bicyclic) bond motifs is 1. The van der Waals surface area contributed by atoms with Crippen LogP contribution in [-0.2, 0) is 11.2 Å². The normalized spacial score (nSPS) is 13.5. The minimum absolute atomic E-state index is 0.0170. The number of carbonyl (C=O) groups excluding carboxylic acids is 2. The Kier molecular flexibility index (Phi) is 4.96. The molecule has 0 saturated carbocycles. The summed E-state index contributed by atoms with van der Waals surface area (Å²) in [7, 11) is 0. The fourth-order valence-corrected chi connectivity index (χ4v) is 3.27. The van der Waals surface area contributed by atoms with Crippen molar-refractivity contribution in [2.45, 2.75) is 12.6 Å². The molecule has 0 atom stereocenters. The molecule has 4 rings (SSSR count). The Balaban J connectivity index is 1.89. The maximum atomic E-state index is 15.2. The van der Waals surface area contributed by atoms with Crippen LogP contribution in [0.2, 0.25) is 0 Å². The molecule has 160 valence electrons. The van der Waals surface area contributed by atoms with Crippen LogP contribution in [0, 0.1) is 11.6 Å². The number of benzene rings is 1. The van der Waals surface area contributed by atoms with Crippen molar-refractivity contribution in [3.05, 3.63) is 65.5 Å². The second-order valence-electron chi connectivity index (χ2n) is 6.60. The molecule has 1 N–H and O–H groups in total. The molecule has 1 aromatic carbocycles. The van der Waals surface area contributed by atoms with E-state index in [1.165, 1.54) is 42.6 Å². The first-order valence-corrected chi connectivity index (χ1v) is 8.90. The summed E-state index contributed by atoms with van der Waals surface area (Å²) in [6.07, 6.45) is -4.17. The lowest BCUT2D eigenvalue weighted by Crippen LogP contribution is -2.37. The lowest BCUT2D eigenvalue weighted by molar-refractivity contribution is -0.200. The number of rotatable bonds is 3. The molecule has 0 unspecified atom stereocenters. The number of amides is 1. The molecule has 2 aromatic heterocycles. The molecule has 3 aromatic rings. The van der Waals surface area contributed by atoms with Crippen molar-refractivity contribution in [3.8, 4) is 22.5 Å². The van der Waals surface area contributed by atoms with Gasteiger partial charge in [0.15, 0.2) is 5.82 Å². The number of hydrogen-bond donors (Lipinski definition) is 1. The van der Waals surface area contributed by atoms with Gasteiger partial charge < -0.3 is 10.2 Å². The van der Waals surface area contributed by atoms with Crippen molar-refractivity contribution in [1.29, 1.82) is 0 Å². The summed E-state index contributed by atoms with van der Waals surface area (Å²) < 4.78 is 67.6. The van der Waals surface area contributed by atoms with E-state index < -0.39 is 40.9 Å². The Morgan fingerprint density at radius 3 is 2.61 bits per heavy atom. The van der Waals surface area contributed by atoms with E-state index in [1.807, 2.05) is 0 Å². The van der Waals surface area contributed by atoms with Gasteiger partial charge in [-0.15, -0.1) is 0 Å². The molecule has 31 heavy (non-hydrogen) atoms. The van der Waals surface area contributed by atoms with Crippen LogP contribution in [0.15, 0.2) is 42.6 Å². The molecule has 1 aliphatic rings. The molecule has 6 nitrogen and oxygen atoms in total. The summed E-state index contributed by atoms with van der Waals surface area (Å²) >= 11 is 0. The average molecular weight is 437 g/mol. The fourth-order valence-electron chi connectivity index (χ4n) is 3.27. The minimum atomic E-state index is -5.34. The zero-order chi connectivity index (χ0) is 22.3. The van der Waals surface area contributed by atoms with E-state index in [-0.39, 0.29) is 29.9 Å². The van der Waals surface area contributed by atoms with Gasteiger partial charge in [-0.1, -0.05) is 12.1 Å². The molecule has 0 bridgehead atoms. The van der Waals surface area contributed by atoms with E-state index in [4.69, 9.17) is 0 Å². The smallest absolute Gasteiger partial charge is 0.351 e. The first-order chi connectivity index (χ1) is 14.7. The number of nitrogens with zero attached hydrogens (tertiary/aromatic N) is 2. The van der Waals surface area contributed by atoms with E-state index in [1.54, 1.807) is 0 Å². The van der Waals surface area contributed by atoms with Crippen molar-refractivity contribution in [2.75, 3.05) is 6.54 Å². The second-order valence-corrected chi connectivity index (χ2v) is 6.60. The second kappa shape index (κ2) is 7.49.